The van der Waals surface area contributed by atoms with Crippen molar-refractivity contribution in [2.24, 2.45) is 0 Å². The van der Waals surface area contributed by atoms with E-state index >= 15 is 0 Å². The number of carbonyl (C=O) groups excluding carboxylic acids is 1. The first kappa shape index (κ1) is 15.9. The van der Waals surface area contributed by atoms with Gasteiger partial charge in [-0.2, -0.15) is 5.10 Å². The number of fused-ring (bicyclic) bond motifs is 1. The molecule has 0 aliphatic carbocycles. The lowest BCUT2D eigenvalue weighted by atomic mass is 10.0. The summed E-state index contributed by atoms with van der Waals surface area (Å²) in [5.74, 6) is -0.240. The van der Waals surface area contributed by atoms with Crippen LogP contribution in [0.5, 0.6) is 0 Å². The first-order chi connectivity index (χ1) is 11.6. The van der Waals surface area contributed by atoms with Crippen molar-refractivity contribution >= 4 is 16.7 Å². The lowest BCUT2D eigenvalue weighted by Crippen LogP contribution is -2.35. The highest BCUT2D eigenvalue weighted by Crippen LogP contribution is 2.16. The highest BCUT2D eigenvalue weighted by molar-refractivity contribution is 5.81. The highest BCUT2D eigenvalue weighted by atomic mass is 16.2. The minimum absolute atomic E-state index is 0.0973. The maximum Gasteiger partial charge on any atom is 0.275 e. The minimum atomic E-state index is -0.258. The quantitative estimate of drug-likeness (QED) is 0.803. The van der Waals surface area contributed by atoms with Gasteiger partial charge in [0.1, 0.15) is 6.54 Å². The van der Waals surface area contributed by atoms with Gasteiger partial charge in [0.2, 0.25) is 5.91 Å². The zero-order chi connectivity index (χ0) is 17.1. The fourth-order valence-corrected chi connectivity index (χ4v) is 2.81. The van der Waals surface area contributed by atoms with Crippen molar-refractivity contribution in [3.63, 3.8) is 0 Å². The molecule has 0 radical (unpaired) electrons. The van der Waals surface area contributed by atoms with Crippen molar-refractivity contribution < 1.29 is 4.79 Å². The zero-order valence-corrected chi connectivity index (χ0v) is 13.7. The molecule has 3 rings (SSSR count). The van der Waals surface area contributed by atoms with Gasteiger partial charge in [-0.1, -0.05) is 42.5 Å². The predicted octanol–water partition coefficient (Wildman–Crippen LogP) is 2.58. The molecule has 5 nitrogen and oxygen atoms in total. The smallest absolute Gasteiger partial charge is 0.275 e. The van der Waals surface area contributed by atoms with Gasteiger partial charge in [-0.25, -0.2) is 4.68 Å². The molecule has 3 aromatic rings. The Morgan fingerprint density at radius 3 is 2.67 bits per heavy atom. The van der Waals surface area contributed by atoms with E-state index in [0.717, 1.165) is 16.5 Å². The lowest BCUT2D eigenvalue weighted by Gasteiger charge is -2.16. The standard InChI is InChI=1S/C19H19N3O2/c1-13-7-3-5-9-16(13)14(2)21-18(23)12-22-19(24)17-10-6-4-8-15(17)11-20-22/h3-11,14H,12H2,1-2H3,(H,21,23). The first-order valence-corrected chi connectivity index (χ1v) is 7.86. The number of hydrogen-bond acceptors (Lipinski definition) is 3. The van der Waals surface area contributed by atoms with Gasteiger partial charge in [-0.3, -0.25) is 9.59 Å². The largest absolute Gasteiger partial charge is 0.348 e. The van der Waals surface area contributed by atoms with E-state index in [1.54, 1.807) is 18.3 Å². The zero-order valence-electron chi connectivity index (χ0n) is 13.7. The van der Waals surface area contributed by atoms with Crippen LogP contribution in [0, 0.1) is 6.92 Å². The van der Waals surface area contributed by atoms with Crippen LogP contribution in [0.1, 0.15) is 24.1 Å². The minimum Gasteiger partial charge on any atom is -0.348 e. The van der Waals surface area contributed by atoms with Gasteiger partial charge in [0.15, 0.2) is 0 Å². The molecule has 0 bridgehead atoms. The van der Waals surface area contributed by atoms with Crippen LogP contribution in [0.4, 0.5) is 0 Å². The van der Waals surface area contributed by atoms with Crippen molar-refractivity contribution in [3.05, 3.63) is 76.2 Å². The average molecular weight is 321 g/mol. The summed E-state index contributed by atoms with van der Waals surface area (Å²) >= 11 is 0. The molecule has 0 spiro atoms. The summed E-state index contributed by atoms with van der Waals surface area (Å²) in [6, 6.07) is 15.0. The Morgan fingerprint density at radius 2 is 1.88 bits per heavy atom. The van der Waals surface area contributed by atoms with Crippen LogP contribution in [0.15, 0.2) is 59.5 Å². The summed E-state index contributed by atoms with van der Waals surface area (Å²) in [5.41, 5.74) is 1.92. The lowest BCUT2D eigenvalue weighted by molar-refractivity contribution is -0.122. The van der Waals surface area contributed by atoms with E-state index < -0.39 is 0 Å². The van der Waals surface area contributed by atoms with Crippen LogP contribution in [-0.2, 0) is 11.3 Å². The van der Waals surface area contributed by atoms with Gasteiger partial charge >= 0.3 is 0 Å². The Hall–Kier alpha value is -2.95. The molecular weight excluding hydrogens is 302 g/mol. The molecule has 2 aromatic carbocycles. The van der Waals surface area contributed by atoms with E-state index in [1.165, 1.54) is 4.68 Å². The summed E-state index contributed by atoms with van der Waals surface area (Å²) in [5, 5.41) is 8.34. The van der Waals surface area contributed by atoms with Crippen LogP contribution in [-0.4, -0.2) is 15.7 Å². The monoisotopic (exact) mass is 321 g/mol. The number of rotatable bonds is 4. The molecule has 5 heteroatoms. The van der Waals surface area contributed by atoms with Crippen LogP contribution in [0.25, 0.3) is 10.8 Å². The van der Waals surface area contributed by atoms with Gasteiger partial charge in [-0.05, 0) is 31.0 Å². The van der Waals surface area contributed by atoms with Crippen LogP contribution in [0.2, 0.25) is 0 Å². The van der Waals surface area contributed by atoms with E-state index in [-0.39, 0.29) is 24.1 Å². The van der Waals surface area contributed by atoms with E-state index in [2.05, 4.69) is 10.4 Å². The summed E-state index contributed by atoms with van der Waals surface area (Å²) in [6.07, 6.45) is 1.61. The van der Waals surface area contributed by atoms with Crippen molar-refractivity contribution in [2.75, 3.05) is 0 Å². The van der Waals surface area contributed by atoms with Crippen LogP contribution in [0.3, 0.4) is 0 Å². The summed E-state index contributed by atoms with van der Waals surface area (Å²) in [7, 11) is 0. The molecule has 1 amide bonds. The average Bonchev–Trinajstić information content (AvgIpc) is 2.58. The van der Waals surface area contributed by atoms with Gasteiger partial charge in [-0.15, -0.1) is 0 Å². The number of carbonyl (C=O) groups is 1. The topological polar surface area (TPSA) is 64.0 Å². The Balaban J connectivity index is 1.77. The second kappa shape index (κ2) is 6.66. The number of amides is 1. The van der Waals surface area contributed by atoms with Crippen molar-refractivity contribution in [1.82, 2.24) is 15.1 Å². The molecule has 0 aliphatic rings. The summed E-state index contributed by atoms with van der Waals surface area (Å²) in [6.45, 7) is 3.84. The Morgan fingerprint density at radius 1 is 1.17 bits per heavy atom. The van der Waals surface area contributed by atoms with Crippen molar-refractivity contribution in [1.29, 1.82) is 0 Å². The third-order valence-corrected chi connectivity index (χ3v) is 4.09. The number of aryl methyl sites for hydroxylation is 1. The molecule has 1 aromatic heterocycles. The Bertz CT molecular complexity index is 946. The van der Waals surface area contributed by atoms with Gasteiger partial charge < -0.3 is 5.32 Å². The molecule has 1 N–H and O–H groups in total. The number of benzene rings is 2. The van der Waals surface area contributed by atoms with Crippen LogP contribution < -0.4 is 10.9 Å². The van der Waals surface area contributed by atoms with Crippen LogP contribution >= 0.6 is 0 Å². The van der Waals surface area contributed by atoms with Crippen molar-refractivity contribution in [3.8, 4) is 0 Å². The molecule has 1 unspecified atom stereocenters. The second-order valence-electron chi connectivity index (χ2n) is 5.84. The first-order valence-electron chi connectivity index (χ1n) is 7.86. The molecule has 0 aliphatic heterocycles. The summed E-state index contributed by atoms with van der Waals surface area (Å²) in [4.78, 5) is 24.7. The maximum absolute atomic E-state index is 12.4. The molecule has 0 saturated carbocycles. The molecular formula is C19H19N3O2. The van der Waals surface area contributed by atoms with E-state index in [0.29, 0.717) is 5.39 Å². The van der Waals surface area contributed by atoms with E-state index in [9.17, 15) is 9.59 Å². The Kier molecular flexibility index (Phi) is 4.42. The number of aromatic nitrogens is 2. The normalized spacial score (nSPS) is 12.1. The van der Waals surface area contributed by atoms with E-state index in [1.807, 2.05) is 50.2 Å². The highest BCUT2D eigenvalue weighted by Gasteiger charge is 2.13. The van der Waals surface area contributed by atoms with Gasteiger partial charge in [0, 0.05) is 5.39 Å². The van der Waals surface area contributed by atoms with Crippen molar-refractivity contribution in [2.45, 2.75) is 26.4 Å². The predicted molar refractivity (Wildman–Crippen MR) is 93.7 cm³/mol. The number of nitrogens with zero attached hydrogens (tertiary/aromatic N) is 2. The molecule has 24 heavy (non-hydrogen) atoms. The second-order valence-corrected chi connectivity index (χ2v) is 5.84. The third kappa shape index (κ3) is 3.20. The molecule has 0 fully saturated rings. The number of hydrogen-bond donors (Lipinski definition) is 1. The van der Waals surface area contributed by atoms with Gasteiger partial charge in [0.05, 0.1) is 17.6 Å². The third-order valence-electron chi connectivity index (χ3n) is 4.09. The van der Waals surface area contributed by atoms with Gasteiger partial charge in [0.25, 0.3) is 5.56 Å². The SMILES string of the molecule is Cc1ccccc1C(C)NC(=O)Cn1ncc2ccccc2c1=O. The fraction of sp³-hybridized carbons (Fsp3) is 0.211. The molecule has 0 saturated heterocycles. The fourth-order valence-electron chi connectivity index (χ4n) is 2.81. The maximum atomic E-state index is 12.4. The summed E-state index contributed by atoms with van der Waals surface area (Å²) < 4.78 is 1.20. The Labute approximate surface area is 139 Å². The molecule has 1 atom stereocenters. The molecule has 1 heterocycles. The van der Waals surface area contributed by atoms with E-state index in [4.69, 9.17) is 0 Å². The number of nitrogens with one attached hydrogen (secondary N) is 1. The molecule has 122 valence electrons.